The van der Waals surface area contributed by atoms with Gasteiger partial charge in [-0.1, -0.05) is 54.9 Å². The Balaban J connectivity index is 2.82. The van der Waals surface area contributed by atoms with Gasteiger partial charge < -0.3 is 5.73 Å². The molecule has 90 valence electrons. The van der Waals surface area contributed by atoms with Crippen LogP contribution in [0.4, 0.5) is 0 Å². The van der Waals surface area contributed by atoms with Gasteiger partial charge in [-0.2, -0.15) is 0 Å². The number of hydrogen-bond donors (Lipinski definition) is 1. The largest absolute Gasteiger partial charge is 0.322 e. The van der Waals surface area contributed by atoms with Gasteiger partial charge in [-0.15, -0.1) is 0 Å². The average molecular weight is 284 g/mol. The SMILES string of the molecule is CC(C)(C)CCC(C)(N)c1ccccc1Br. The van der Waals surface area contributed by atoms with Gasteiger partial charge in [0.1, 0.15) is 0 Å². The minimum absolute atomic E-state index is 0.257. The Labute approximate surface area is 108 Å². The molecular weight excluding hydrogens is 262 g/mol. The van der Waals surface area contributed by atoms with Gasteiger partial charge in [-0.25, -0.2) is 0 Å². The van der Waals surface area contributed by atoms with Crippen molar-refractivity contribution >= 4 is 15.9 Å². The van der Waals surface area contributed by atoms with E-state index in [9.17, 15) is 0 Å². The molecule has 1 aromatic rings. The third kappa shape index (κ3) is 3.91. The van der Waals surface area contributed by atoms with Crippen molar-refractivity contribution in [3.8, 4) is 0 Å². The summed E-state index contributed by atoms with van der Waals surface area (Å²) in [6.45, 7) is 8.87. The molecule has 1 unspecified atom stereocenters. The fraction of sp³-hybridized carbons (Fsp3) is 0.571. The first-order valence-corrected chi connectivity index (χ1v) is 6.56. The van der Waals surface area contributed by atoms with E-state index in [0.717, 1.165) is 17.3 Å². The molecule has 2 N–H and O–H groups in total. The van der Waals surface area contributed by atoms with E-state index in [2.05, 4.69) is 55.8 Å². The fourth-order valence-electron chi connectivity index (χ4n) is 1.69. The Hall–Kier alpha value is -0.340. The van der Waals surface area contributed by atoms with Crippen LogP contribution >= 0.6 is 15.9 Å². The number of benzene rings is 1. The van der Waals surface area contributed by atoms with Crippen LogP contribution in [0.25, 0.3) is 0 Å². The highest BCUT2D eigenvalue weighted by Gasteiger charge is 2.25. The van der Waals surface area contributed by atoms with E-state index in [4.69, 9.17) is 5.73 Å². The van der Waals surface area contributed by atoms with Gasteiger partial charge >= 0.3 is 0 Å². The molecule has 0 saturated carbocycles. The van der Waals surface area contributed by atoms with Crippen molar-refractivity contribution < 1.29 is 0 Å². The zero-order valence-corrected chi connectivity index (χ0v) is 12.3. The molecule has 2 heteroatoms. The second-order valence-electron chi connectivity index (χ2n) is 5.96. The summed E-state index contributed by atoms with van der Waals surface area (Å²) in [5, 5.41) is 0. The quantitative estimate of drug-likeness (QED) is 0.872. The Morgan fingerprint density at radius 3 is 2.12 bits per heavy atom. The van der Waals surface area contributed by atoms with E-state index in [-0.39, 0.29) is 5.54 Å². The van der Waals surface area contributed by atoms with E-state index in [1.165, 1.54) is 5.56 Å². The van der Waals surface area contributed by atoms with Crippen molar-refractivity contribution in [2.75, 3.05) is 0 Å². The molecule has 0 spiro atoms. The van der Waals surface area contributed by atoms with Gasteiger partial charge in [0.05, 0.1) is 0 Å². The first-order valence-electron chi connectivity index (χ1n) is 5.76. The Kier molecular flexibility index (Phi) is 4.19. The molecular formula is C14H22BrN. The van der Waals surface area contributed by atoms with Gasteiger partial charge in [0.15, 0.2) is 0 Å². The van der Waals surface area contributed by atoms with Crippen LogP contribution in [0.5, 0.6) is 0 Å². The number of hydrogen-bond acceptors (Lipinski definition) is 1. The van der Waals surface area contributed by atoms with Crippen molar-refractivity contribution in [3.05, 3.63) is 34.3 Å². The van der Waals surface area contributed by atoms with Gasteiger partial charge in [0.25, 0.3) is 0 Å². The molecule has 0 heterocycles. The molecule has 0 aliphatic carbocycles. The molecule has 0 aliphatic heterocycles. The highest BCUT2D eigenvalue weighted by Crippen LogP contribution is 2.33. The summed E-state index contributed by atoms with van der Waals surface area (Å²) in [6.07, 6.45) is 2.13. The lowest BCUT2D eigenvalue weighted by Crippen LogP contribution is -2.34. The molecule has 1 atom stereocenters. The monoisotopic (exact) mass is 283 g/mol. The van der Waals surface area contributed by atoms with Gasteiger partial charge in [-0.3, -0.25) is 0 Å². The molecule has 0 amide bonds. The van der Waals surface area contributed by atoms with Gasteiger partial charge in [-0.05, 0) is 36.8 Å². The number of rotatable bonds is 3. The third-order valence-electron chi connectivity index (χ3n) is 2.88. The maximum atomic E-state index is 6.42. The summed E-state index contributed by atoms with van der Waals surface area (Å²) in [7, 11) is 0. The van der Waals surface area contributed by atoms with E-state index in [1.54, 1.807) is 0 Å². The Morgan fingerprint density at radius 1 is 1.06 bits per heavy atom. The van der Waals surface area contributed by atoms with Crippen molar-refractivity contribution in [3.63, 3.8) is 0 Å². The number of nitrogens with two attached hydrogens (primary N) is 1. The molecule has 0 bridgehead atoms. The van der Waals surface area contributed by atoms with Crippen LogP contribution in [0.1, 0.15) is 46.1 Å². The maximum Gasteiger partial charge on any atom is 0.0392 e. The highest BCUT2D eigenvalue weighted by atomic mass is 79.9. The molecule has 1 nitrogen and oxygen atoms in total. The highest BCUT2D eigenvalue weighted by molar-refractivity contribution is 9.10. The van der Waals surface area contributed by atoms with Gasteiger partial charge in [0.2, 0.25) is 0 Å². The summed E-state index contributed by atoms with van der Waals surface area (Å²) in [5.74, 6) is 0. The van der Waals surface area contributed by atoms with Crippen LogP contribution in [-0.4, -0.2) is 0 Å². The molecule has 1 aromatic carbocycles. The Morgan fingerprint density at radius 2 is 1.62 bits per heavy atom. The van der Waals surface area contributed by atoms with Crippen LogP contribution < -0.4 is 5.73 Å². The van der Waals surface area contributed by atoms with Crippen molar-refractivity contribution in [1.82, 2.24) is 0 Å². The first kappa shape index (κ1) is 13.7. The predicted octanol–water partition coefficient (Wildman–Crippen LogP) is 4.45. The fourth-order valence-corrected chi connectivity index (χ4v) is 2.43. The summed E-state index contributed by atoms with van der Waals surface area (Å²) in [4.78, 5) is 0. The summed E-state index contributed by atoms with van der Waals surface area (Å²) in [5.41, 5.74) is 7.69. The molecule has 0 aromatic heterocycles. The average Bonchev–Trinajstić information content (AvgIpc) is 2.14. The molecule has 0 saturated heterocycles. The van der Waals surface area contributed by atoms with Crippen LogP contribution in [0.15, 0.2) is 28.7 Å². The number of halogens is 1. The molecule has 16 heavy (non-hydrogen) atoms. The zero-order chi connectivity index (χ0) is 12.4. The molecule has 0 fully saturated rings. The summed E-state index contributed by atoms with van der Waals surface area (Å²) < 4.78 is 1.11. The van der Waals surface area contributed by atoms with Crippen LogP contribution in [-0.2, 0) is 5.54 Å². The lowest BCUT2D eigenvalue weighted by molar-refractivity contribution is 0.306. The van der Waals surface area contributed by atoms with E-state index < -0.39 is 0 Å². The predicted molar refractivity (Wildman–Crippen MR) is 74.4 cm³/mol. The van der Waals surface area contributed by atoms with E-state index >= 15 is 0 Å². The second-order valence-corrected chi connectivity index (χ2v) is 6.81. The lowest BCUT2D eigenvalue weighted by atomic mass is 9.81. The second kappa shape index (κ2) is 4.89. The third-order valence-corrected chi connectivity index (χ3v) is 3.57. The smallest absolute Gasteiger partial charge is 0.0392 e. The topological polar surface area (TPSA) is 26.0 Å². The molecule has 0 aliphatic rings. The normalized spacial score (nSPS) is 15.9. The lowest BCUT2D eigenvalue weighted by Gasteiger charge is -2.30. The first-order chi connectivity index (χ1) is 7.22. The van der Waals surface area contributed by atoms with Gasteiger partial charge in [0, 0.05) is 10.0 Å². The Bertz CT molecular complexity index is 350. The van der Waals surface area contributed by atoms with Crippen LogP contribution in [0, 0.1) is 5.41 Å². The minimum Gasteiger partial charge on any atom is -0.322 e. The van der Waals surface area contributed by atoms with Crippen molar-refractivity contribution in [2.45, 2.75) is 46.1 Å². The standard InChI is InChI=1S/C14H22BrN/c1-13(2,3)9-10-14(4,16)11-7-5-6-8-12(11)15/h5-8H,9-10,16H2,1-4H3. The van der Waals surface area contributed by atoms with Crippen molar-refractivity contribution in [2.24, 2.45) is 11.1 Å². The van der Waals surface area contributed by atoms with E-state index in [0.29, 0.717) is 5.41 Å². The summed E-state index contributed by atoms with van der Waals surface area (Å²) in [6, 6.07) is 8.22. The van der Waals surface area contributed by atoms with Crippen molar-refractivity contribution in [1.29, 1.82) is 0 Å². The van der Waals surface area contributed by atoms with E-state index in [1.807, 2.05) is 12.1 Å². The minimum atomic E-state index is -0.257. The summed E-state index contributed by atoms with van der Waals surface area (Å²) >= 11 is 3.57. The van der Waals surface area contributed by atoms with Crippen LogP contribution in [0.2, 0.25) is 0 Å². The molecule has 1 rings (SSSR count). The van der Waals surface area contributed by atoms with Crippen LogP contribution in [0.3, 0.4) is 0 Å². The molecule has 0 radical (unpaired) electrons. The maximum absolute atomic E-state index is 6.42. The zero-order valence-electron chi connectivity index (χ0n) is 10.7.